The van der Waals surface area contributed by atoms with Crippen LogP contribution < -0.4 is 0 Å². The molecular weight excluding hydrogens is 232 g/mol. The van der Waals surface area contributed by atoms with Crippen molar-refractivity contribution in [2.45, 2.75) is 31.8 Å². The van der Waals surface area contributed by atoms with Crippen molar-refractivity contribution in [3.63, 3.8) is 0 Å². The molecule has 1 unspecified atom stereocenters. The Morgan fingerprint density at radius 3 is 2.67 bits per heavy atom. The minimum absolute atomic E-state index is 0.0539. The van der Waals surface area contributed by atoms with Gasteiger partial charge in [0.15, 0.2) is 0 Å². The van der Waals surface area contributed by atoms with Crippen molar-refractivity contribution in [1.29, 1.82) is 0 Å². The molecule has 5 heteroatoms. The molecule has 3 rings (SSSR count). The maximum atomic E-state index is 12.2. The molecule has 3 fully saturated rings. The number of carbonyl (C=O) groups is 2. The topological polar surface area (TPSA) is 60.9 Å². The minimum atomic E-state index is -0.381. The third kappa shape index (κ3) is 2.36. The normalized spacial score (nSPS) is 32.4. The highest BCUT2D eigenvalue weighted by Crippen LogP contribution is 2.32. The number of hydrogen-bond acceptors (Lipinski definition) is 3. The van der Waals surface area contributed by atoms with Gasteiger partial charge in [0.2, 0.25) is 11.8 Å². The van der Waals surface area contributed by atoms with E-state index in [-0.39, 0.29) is 23.8 Å². The van der Waals surface area contributed by atoms with Crippen LogP contribution in [-0.2, 0) is 9.59 Å². The molecule has 0 spiro atoms. The summed E-state index contributed by atoms with van der Waals surface area (Å²) < 4.78 is 0. The molecule has 0 radical (unpaired) electrons. The van der Waals surface area contributed by atoms with Gasteiger partial charge in [0.1, 0.15) is 0 Å². The van der Waals surface area contributed by atoms with Gasteiger partial charge >= 0.3 is 0 Å². The summed E-state index contributed by atoms with van der Waals surface area (Å²) in [5.41, 5.74) is 0. The molecule has 0 aromatic rings. The first-order chi connectivity index (χ1) is 8.63. The van der Waals surface area contributed by atoms with Crippen LogP contribution in [0.15, 0.2) is 0 Å². The smallest absolute Gasteiger partial charge is 0.228 e. The molecule has 0 bridgehead atoms. The lowest BCUT2D eigenvalue weighted by atomic mass is 10.1. The number of carbonyl (C=O) groups excluding carboxylic acids is 2. The van der Waals surface area contributed by atoms with Crippen LogP contribution in [0.2, 0.25) is 0 Å². The second-order valence-electron chi connectivity index (χ2n) is 5.87. The Labute approximate surface area is 107 Å². The van der Waals surface area contributed by atoms with Gasteiger partial charge < -0.3 is 14.9 Å². The molecule has 100 valence electrons. The van der Waals surface area contributed by atoms with E-state index in [4.69, 9.17) is 0 Å². The van der Waals surface area contributed by atoms with Gasteiger partial charge in [0.05, 0.1) is 12.0 Å². The third-order valence-corrected chi connectivity index (χ3v) is 4.21. The largest absolute Gasteiger partial charge is 0.391 e. The fourth-order valence-electron chi connectivity index (χ4n) is 2.93. The fourth-order valence-corrected chi connectivity index (χ4v) is 2.93. The van der Waals surface area contributed by atoms with Gasteiger partial charge in [-0.25, -0.2) is 0 Å². The number of amides is 2. The predicted molar refractivity (Wildman–Crippen MR) is 64.6 cm³/mol. The van der Waals surface area contributed by atoms with E-state index in [0.29, 0.717) is 38.4 Å². The van der Waals surface area contributed by atoms with Crippen LogP contribution in [0, 0.1) is 11.8 Å². The maximum Gasteiger partial charge on any atom is 0.228 e. The highest BCUT2D eigenvalue weighted by atomic mass is 16.3. The van der Waals surface area contributed by atoms with Crippen molar-refractivity contribution in [2.75, 3.05) is 26.2 Å². The zero-order valence-electron chi connectivity index (χ0n) is 10.5. The second-order valence-corrected chi connectivity index (χ2v) is 5.87. The number of nitrogens with zero attached hydrogens (tertiary/aromatic N) is 2. The quantitative estimate of drug-likeness (QED) is 0.759. The van der Waals surface area contributed by atoms with Crippen LogP contribution in [-0.4, -0.2) is 59.0 Å². The van der Waals surface area contributed by atoms with Gasteiger partial charge in [-0.15, -0.1) is 0 Å². The van der Waals surface area contributed by atoms with Crippen LogP contribution in [0.4, 0.5) is 0 Å². The molecule has 2 atom stereocenters. The standard InChI is InChI=1S/C13H20N2O3/c16-11-3-4-14(8-11)13(18)10-5-12(17)15(7-10)6-9-1-2-9/h9-11,16H,1-8H2/t10?,11-/m0/s1. The molecule has 0 aromatic carbocycles. The lowest BCUT2D eigenvalue weighted by molar-refractivity contribution is -0.135. The lowest BCUT2D eigenvalue weighted by Crippen LogP contribution is -2.36. The summed E-state index contributed by atoms with van der Waals surface area (Å²) in [5, 5.41) is 9.45. The minimum Gasteiger partial charge on any atom is -0.391 e. The average Bonchev–Trinajstić information content (AvgIpc) is 2.93. The summed E-state index contributed by atoms with van der Waals surface area (Å²) >= 11 is 0. The molecule has 3 aliphatic rings. The highest BCUT2D eigenvalue weighted by molar-refractivity contribution is 5.89. The number of hydrogen-bond donors (Lipinski definition) is 1. The van der Waals surface area contributed by atoms with Crippen LogP contribution >= 0.6 is 0 Å². The lowest BCUT2D eigenvalue weighted by Gasteiger charge is -2.20. The summed E-state index contributed by atoms with van der Waals surface area (Å²) in [6.45, 7) is 2.49. The van der Waals surface area contributed by atoms with Gasteiger partial charge in [-0.05, 0) is 25.2 Å². The molecule has 5 nitrogen and oxygen atoms in total. The van der Waals surface area contributed by atoms with Crippen molar-refractivity contribution >= 4 is 11.8 Å². The third-order valence-electron chi connectivity index (χ3n) is 4.21. The first-order valence-corrected chi connectivity index (χ1v) is 6.88. The number of likely N-dealkylation sites (tertiary alicyclic amines) is 2. The monoisotopic (exact) mass is 252 g/mol. The Morgan fingerprint density at radius 2 is 2.06 bits per heavy atom. The van der Waals surface area contributed by atoms with Gasteiger partial charge in [-0.1, -0.05) is 0 Å². The highest BCUT2D eigenvalue weighted by Gasteiger charge is 2.39. The molecule has 18 heavy (non-hydrogen) atoms. The maximum absolute atomic E-state index is 12.2. The van der Waals surface area contributed by atoms with Crippen LogP contribution in [0.1, 0.15) is 25.7 Å². The van der Waals surface area contributed by atoms with E-state index < -0.39 is 0 Å². The fraction of sp³-hybridized carbons (Fsp3) is 0.846. The van der Waals surface area contributed by atoms with E-state index in [1.165, 1.54) is 12.8 Å². The number of aliphatic hydroxyl groups excluding tert-OH is 1. The summed E-state index contributed by atoms with van der Waals surface area (Å²) in [6.07, 6.45) is 3.09. The Bertz CT molecular complexity index is 367. The summed E-state index contributed by atoms with van der Waals surface area (Å²) in [6, 6.07) is 0. The van der Waals surface area contributed by atoms with E-state index >= 15 is 0 Å². The van der Waals surface area contributed by atoms with Crippen LogP contribution in [0.5, 0.6) is 0 Å². The van der Waals surface area contributed by atoms with Crippen molar-refractivity contribution < 1.29 is 14.7 Å². The van der Waals surface area contributed by atoms with E-state index in [0.717, 1.165) is 6.54 Å². The first kappa shape index (κ1) is 12.0. The van der Waals surface area contributed by atoms with E-state index in [9.17, 15) is 14.7 Å². The van der Waals surface area contributed by atoms with E-state index in [2.05, 4.69) is 0 Å². The zero-order chi connectivity index (χ0) is 12.7. The summed E-state index contributed by atoms with van der Waals surface area (Å²) in [5.74, 6) is 0.677. The van der Waals surface area contributed by atoms with Gasteiger partial charge in [-0.3, -0.25) is 9.59 Å². The SMILES string of the molecule is O=C1CC(C(=O)N2CC[C@H](O)C2)CN1CC1CC1. The molecule has 0 aromatic heterocycles. The molecule has 2 amide bonds. The molecule has 1 aliphatic carbocycles. The predicted octanol–water partition coefficient (Wildman–Crippen LogP) is -0.162. The van der Waals surface area contributed by atoms with Crippen molar-refractivity contribution in [2.24, 2.45) is 11.8 Å². The second kappa shape index (κ2) is 4.53. The number of β-amino-alcohol motifs (C(OH)–C–C–N with tert-alkyl or cyclic N) is 1. The van der Waals surface area contributed by atoms with Crippen molar-refractivity contribution in [3.8, 4) is 0 Å². The average molecular weight is 252 g/mol. The molecular formula is C13H20N2O3. The summed E-state index contributed by atoms with van der Waals surface area (Å²) in [7, 11) is 0. The van der Waals surface area contributed by atoms with E-state index in [1.807, 2.05) is 4.90 Å². The Morgan fingerprint density at radius 1 is 1.28 bits per heavy atom. The van der Waals surface area contributed by atoms with Crippen molar-refractivity contribution in [1.82, 2.24) is 9.80 Å². The van der Waals surface area contributed by atoms with E-state index in [1.54, 1.807) is 4.90 Å². The van der Waals surface area contributed by atoms with Crippen molar-refractivity contribution in [3.05, 3.63) is 0 Å². The molecule has 2 aliphatic heterocycles. The van der Waals surface area contributed by atoms with Crippen LogP contribution in [0.3, 0.4) is 0 Å². The van der Waals surface area contributed by atoms with Gasteiger partial charge in [-0.2, -0.15) is 0 Å². The summed E-state index contributed by atoms with van der Waals surface area (Å²) in [4.78, 5) is 27.6. The molecule has 2 saturated heterocycles. The molecule has 1 saturated carbocycles. The van der Waals surface area contributed by atoms with Crippen LogP contribution in [0.25, 0.3) is 0 Å². The number of rotatable bonds is 3. The zero-order valence-corrected chi connectivity index (χ0v) is 10.5. The Kier molecular flexibility index (Phi) is 3.01. The first-order valence-electron chi connectivity index (χ1n) is 6.88. The Hall–Kier alpha value is -1.10. The van der Waals surface area contributed by atoms with Gasteiger partial charge in [0, 0.05) is 32.6 Å². The molecule has 1 N–H and O–H groups in total. The Balaban J connectivity index is 1.56. The van der Waals surface area contributed by atoms with Gasteiger partial charge in [0.25, 0.3) is 0 Å². The molecule has 2 heterocycles. The number of aliphatic hydroxyl groups is 1.